The molecule has 0 aliphatic heterocycles. The van der Waals surface area contributed by atoms with Crippen LogP contribution in [0.25, 0.3) is 0 Å². The Morgan fingerprint density at radius 2 is 0.683 bits per heavy atom. The molecule has 244 valence electrons. The summed E-state index contributed by atoms with van der Waals surface area (Å²) in [5.41, 5.74) is -1.33. The number of ketones is 4. The van der Waals surface area contributed by atoms with E-state index in [0.29, 0.717) is 37.8 Å². The Hall–Kier alpha value is -0.358. The first-order chi connectivity index (χ1) is 19.0. The smallest absolute Gasteiger partial charge is 0.397 e. The number of carbonyl (C=O) groups excluding carboxylic acids is 4. The summed E-state index contributed by atoms with van der Waals surface area (Å²) in [4.78, 5) is 49.8. The van der Waals surface area contributed by atoms with Gasteiger partial charge in [0.25, 0.3) is 0 Å². The van der Waals surface area contributed by atoms with E-state index in [1.54, 1.807) is 28.4 Å². The Kier molecular flexibility index (Phi) is 28.7. The third-order valence-electron chi connectivity index (χ3n) is 7.29. The maximum absolute atomic E-state index is 12.4. The molecule has 0 aliphatic carbocycles. The van der Waals surface area contributed by atoms with Crippen LogP contribution in [0.4, 0.5) is 0 Å². The van der Waals surface area contributed by atoms with Gasteiger partial charge in [-0.1, -0.05) is 67.2 Å². The molecule has 0 atom stereocenters. The van der Waals surface area contributed by atoms with E-state index in [4.69, 9.17) is 17.7 Å². The second kappa shape index (κ2) is 26.1. The molecular formula is C30H60O8PtSi2+2. The molecule has 0 aromatic rings. The van der Waals surface area contributed by atoms with Crippen LogP contribution < -0.4 is 0 Å². The van der Waals surface area contributed by atoms with Gasteiger partial charge in [-0.05, 0) is 37.8 Å². The second-order valence-electron chi connectivity index (χ2n) is 10.4. The number of carbonyl (C=O) groups is 4. The molecular weight excluding hydrogens is 740 g/mol. The van der Waals surface area contributed by atoms with E-state index >= 15 is 0 Å². The van der Waals surface area contributed by atoms with Gasteiger partial charge in [-0.2, -0.15) is 0 Å². The maximum Gasteiger partial charge on any atom is 2.00 e. The van der Waals surface area contributed by atoms with Crippen LogP contribution >= 0.6 is 0 Å². The van der Waals surface area contributed by atoms with Crippen LogP contribution in [0.15, 0.2) is 0 Å². The molecule has 0 saturated carbocycles. The Morgan fingerprint density at radius 3 is 0.829 bits per heavy atom. The monoisotopic (exact) mass is 799 g/mol. The van der Waals surface area contributed by atoms with Crippen LogP contribution in [0.2, 0.25) is 23.2 Å². The van der Waals surface area contributed by atoms with E-state index < -0.39 is 28.2 Å². The van der Waals surface area contributed by atoms with E-state index in [1.165, 1.54) is 0 Å². The van der Waals surface area contributed by atoms with Gasteiger partial charge in [-0.25, -0.2) is 0 Å². The first-order valence-electron chi connectivity index (χ1n) is 15.4. The second-order valence-corrected chi connectivity index (χ2v) is 17.4. The van der Waals surface area contributed by atoms with Gasteiger partial charge in [0, 0.05) is 54.1 Å². The van der Waals surface area contributed by atoms with E-state index in [0.717, 1.165) is 51.4 Å². The van der Waals surface area contributed by atoms with Crippen molar-refractivity contribution in [1.29, 1.82) is 0 Å². The van der Waals surface area contributed by atoms with Crippen molar-refractivity contribution in [2.75, 3.05) is 28.4 Å². The molecule has 0 aromatic carbocycles. The van der Waals surface area contributed by atoms with Gasteiger partial charge >= 0.3 is 38.2 Å². The molecule has 0 spiro atoms. The van der Waals surface area contributed by atoms with E-state index in [1.807, 2.05) is 27.7 Å². The molecule has 0 aromatic heterocycles. The van der Waals surface area contributed by atoms with Crippen molar-refractivity contribution >= 4 is 40.3 Å². The van der Waals surface area contributed by atoms with Gasteiger partial charge < -0.3 is 17.7 Å². The van der Waals surface area contributed by atoms with Crippen LogP contribution in [-0.4, -0.2) is 68.7 Å². The van der Waals surface area contributed by atoms with Crippen LogP contribution in [-0.2, 0) is 57.9 Å². The zero-order valence-electron chi connectivity index (χ0n) is 27.6. The van der Waals surface area contributed by atoms with Crippen molar-refractivity contribution in [1.82, 2.24) is 0 Å². The topological polar surface area (TPSA) is 105 Å². The number of hydrogen-bond acceptors (Lipinski definition) is 8. The SMILES string of the molecule is CCCC[Si](OC)(OC)C(C(=O)CCC)C(=O)CCC.CCCC[Si](OC)(OC)C(C(=O)CCC)C(=O)CCC.[Pt+2]. The minimum absolute atomic E-state index is 0. The van der Waals surface area contributed by atoms with Gasteiger partial charge in [0.1, 0.15) is 34.2 Å². The maximum atomic E-state index is 12.4. The zero-order chi connectivity index (χ0) is 31.2. The summed E-state index contributed by atoms with van der Waals surface area (Å²) < 4.78 is 22.6. The molecule has 0 radical (unpaired) electrons. The minimum atomic E-state index is -2.79. The summed E-state index contributed by atoms with van der Waals surface area (Å²) in [7, 11) is 0.734. The molecule has 0 aliphatic rings. The summed E-state index contributed by atoms with van der Waals surface area (Å²) >= 11 is 0. The molecule has 41 heavy (non-hydrogen) atoms. The summed E-state index contributed by atoms with van der Waals surface area (Å²) in [6, 6.07) is 1.40. The molecule has 0 fully saturated rings. The fourth-order valence-electron chi connectivity index (χ4n) is 5.08. The van der Waals surface area contributed by atoms with E-state index in [2.05, 4.69) is 13.8 Å². The molecule has 0 heterocycles. The molecule has 0 saturated heterocycles. The van der Waals surface area contributed by atoms with E-state index in [-0.39, 0.29) is 44.2 Å². The molecule has 0 bridgehead atoms. The number of unbranched alkanes of at least 4 members (excludes halogenated alkanes) is 2. The van der Waals surface area contributed by atoms with Gasteiger partial charge in [-0.15, -0.1) is 0 Å². The van der Waals surface area contributed by atoms with Crippen LogP contribution in [0, 0.1) is 0 Å². The third-order valence-corrected chi connectivity index (χ3v) is 15.2. The van der Waals surface area contributed by atoms with Crippen LogP contribution in [0.1, 0.15) is 119 Å². The minimum Gasteiger partial charge on any atom is -0.397 e. The summed E-state index contributed by atoms with van der Waals surface area (Å²) in [5.74, 6) is -0.00956. The third kappa shape index (κ3) is 14.8. The average molecular weight is 800 g/mol. The number of Topliss-reactive ketones (excluding diaryl/α,β-unsaturated/α-hetero) is 4. The van der Waals surface area contributed by atoms with E-state index in [9.17, 15) is 19.2 Å². The predicted octanol–water partition coefficient (Wildman–Crippen LogP) is 7.26. The van der Waals surface area contributed by atoms with Gasteiger partial charge in [-0.3, -0.25) is 19.2 Å². The van der Waals surface area contributed by atoms with Crippen molar-refractivity contribution in [2.24, 2.45) is 0 Å². The average Bonchev–Trinajstić information content (AvgIpc) is 2.94. The fourth-order valence-corrected chi connectivity index (χ4v) is 12.0. The first-order valence-corrected chi connectivity index (χ1v) is 19.6. The quantitative estimate of drug-likeness (QED) is 0.0743. The molecule has 11 heteroatoms. The van der Waals surface area contributed by atoms with Crippen LogP contribution in [0.3, 0.4) is 0 Å². The first kappa shape index (κ1) is 45.1. The van der Waals surface area contributed by atoms with Crippen LogP contribution in [0.5, 0.6) is 0 Å². The van der Waals surface area contributed by atoms with Crippen molar-refractivity contribution in [3.63, 3.8) is 0 Å². The molecule has 0 amide bonds. The normalized spacial score (nSPS) is 11.6. The standard InChI is InChI=1S/2C15H30O4Si.Pt/c2*1-6-9-12-20(18-4,19-5)15(13(16)10-7-2)14(17)11-8-3;/h2*15H,6-12H2,1-5H3;/q;;+2. The molecule has 8 nitrogen and oxygen atoms in total. The number of rotatable bonds is 24. The zero-order valence-corrected chi connectivity index (χ0v) is 31.9. The molecule has 0 unspecified atom stereocenters. The molecule has 0 rings (SSSR count). The largest absolute Gasteiger partial charge is 2.00 e. The van der Waals surface area contributed by atoms with Gasteiger partial charge in [0.15, 0.2) is 0 Å². The summed E-state index contributed by atoms with van der Waals surface area (Å²) in [5, 5.41) is 0. The Balaban J connectivity index is -0.000000688. The Bertz CT molecular complexity index is 631. The fraction of sp³-hybridized carbons (Fsp3) is 0.867. The van der Waals surface area contributed by atoms with Crippen molar-refractivity contribution in [2.45, 2.75) is 142 Å². The summed E-state index contributed by atoms with van der Waals surface area (Å²) in [6.45, 7) is 12.0. The predicted molar refractivity (Wildman–Crippen MR) is 166 cm³/mol. The van der Waals surface area contributed by atoms with Crippen molar-refractivity contribution < 1.29 is 57.9 Å². The Morgan fingerprint density at radius 1 is 0.463 bits per heavy atom. The van der Waals surface area contributed by atoms with Crippen molar-refractivity contribution in [3.8, 4) is 0 Å². The molecule has 0 N–H and O–H groups in total. The van der Waals surface area contributed by atoms with Gasteiger partial charge in [0.05, 0.1) is 0 Å². The van der Waals surface area contributed by atoms with Gasteiger partial charge in [0.2, 0.25) is 0 Å². The van der Waals surface area contributed by atoms with Crippen molar-refractivity contribution in [3.05, 3.63) is 0 Å². The number of hydrogen-bond donors (Lipinski definition) is 0. The summed E-state index contributed by atoms with van der Waals surface area (Å²) in [6.07, 6.45) is 8.53. The Labute approximate surface area is 267 Å².